The molecule has 1 aromatic heterocycles. The Labute approximate surface area is 148 Å². The van der Waals surface area contributed by atoms with Gasteiger partial charge in [-0.1, -0.05) is 30.3 Å². The number of carbonyl (C=O) groups excluding carboxylic acids is 1. The summed E-state index contributed by atoms with van der Waals surface area (Å²) in [5.74, 6) is 0.0241. The van der Waals surface area contributed by atoms with Crippen LogP contribution in [0.3, 0.4) is 0 Å². The molecule has 24 heavy (non-hydrogen) atoms. The van der Waals surface area contributed by atoms with Gasteiger partial charge in [-0.05, 0) is 31.7 Å². The van der Waals surface area contributed by atoms with Gasteiger partial charge in [0, 0.05) is 37.6 Å². The number of hydrogen-bond donors (Lipinski definition) is 1. The van der Waals surface area contributed by atoms with Crippen LogP contribution in [0.1, 0.15) is 26.2 Å². The van der Waals surface area contributed by atoms with Crippen molar-refractivity contribution >= 4 is 17.2 Å². The number of benzene rings is 1. The fourth-order valence-electron chi connectivity index (χ4n) is 2.99. The van der Waals surface area contributed by atoms with Gasteiger partial charge in [-0.3, -0.25) is 9.69 Å². The second-order valence-corrected chi connectivity index (χ2v) is 7.74. The molecule has 2 aromatic rings. The van der Waals surface area contributed by atoms with Gasteiger partial charge < -0.3 is 10.2 Å². The Balaban J connectivity index is 1.71. The van der Waals surface area contributed by atoms with Crippen molar-refractivity contribution in [3.63, 3.8) is 0 Å². The van der Waals surface area contributed by atoms with Crippen LogP contribution in [0.4, 0.5) is 0 Å². The van der Waals surface area contributed by atoms with Gasteiger partial charge in [-0.25, -0.2) is 0 Å². The molecule has 0 saturated carbocycles. The van der Waals surface area contributed by atoms with Crippen LogP contribution < -0.4 is 5.32 Å². The van der Waals surface area contributed by atoms with E-state index in [0.29, 0.717) is 0 Å². The molecule has 2 heterocycles. The largest absolute Gasteiger partial charge is 0.343 e. The minimum Gasteiger partial charge on any atom is -0.343 e. The standard InChI is InChI=1S/C19H25N3OS/c1-15-8-9-18(24-15)19(23)20-17(16-6-4-3-5-7-16)14-22-12-10-21(2)11-13-22/h3-9,17H,10-14H2,1-2H3,(H,20,23). The van der Waals surface area contributed by atoms with Gasteiger partial charge in [0.2, 0.25) is 0 Å². The molecule has 1 aliphatic heterocycles. The maximum Gasteiger partial charge on any atom is 0.261 e. The van der Waals surface area contributed by atoms with Crippen LogP contribution in [0.5, 0.6) is 0 Å². The molecule has 1 saturated heterocycles. The quantitative estimate of drug-likeness (QED) is 0.907. The van der Waals surface area contributed by atoms with E-state index >= 15 is 0 Å². The monoisotopic (exact) mass is 343 g/mol. The number of piperazine rings is 1. The molecular formula is C19H25N3OS. The van der Waals surface area contributed by atoms with Crippen molar-refractivity contribution in [2.45, 2.75) is 13.0 Å². The number of aryl methyl sites for hydroxylation is 1. The third-order valence-corrected chi connectivity index (χ3v) is 5.51. The molecule has 1 aromatic carbocycles. The Hall–Kier alpha value is -1.69. The van der Waals surface area contributed by atoms with Gasteiger partial charge in [0.1, 0.15) is 0 Å². The molecule has 1 aliphatic rings. The van der Waals surface area contributed by atoms with Crippen molar-refractivity contribution in [1.29, 1.82) is 0 Å². The zero-order valence-corrected chi connectivity index (χ0v) is 15.2. The van der Waals surface area contributed by atoms with Crippen LogP contribution in [-0.4, -0.2) is 55.5 Å². The Bertz CT molecular complexity index is 662. The molecule has 4 nitrogen and oxygen atoms in total. The summed E-state index contributed by atoms with van der Waals surface area (Å²) in [7, 11) is 2.16. The molecule has 1 unspecified atom stereocenters. The highest BCUT2D eigenvalue weighted by atomic mass is 32.1. The molecule has 128 valence electrons. The van der Waals surface area contributed by atoms with Gasteiger partial charge in [-0.2, -0.15) is 0 Å². The third kappa shape index (κ3) is 4.44. The van der Waals surface area contributed by atoms with Gasteiger partial charge in [0.05, 0.1) is 10.9 Å². The first-order valence-electron chi connectivity index (χ1n) is 8.45. The van der Waals surface area contributed by atoms with E-state index in [1.54, 1.807) is 11.3 Å². The van der Waals surface area contributed by atoms with E-state index in [1.807, 2.05) is 37.3 Å². The zero-order chi connectivity index (χ0) is 16.9. The first-order valence-corrected chi connectivity index (χ1v) is 9.26. The average molecular weight is 343 g/mol. The smallest absolute Gasteiger partial charge is 0.261 e. The minimum absolute atomic E-state index is 0.0181. The predicted octanol–water partition coefficient (Wildman–Crippen LogP) is 2.78. The summed E-state index contributed by atoms with van der Waals surface area (Å²) in [6.07, 6.45) is 0. The van der Waals surface area contributed by atoms with Crippen molar-refractivity contribution < 1.29 is 4.79 Å². The van der Waals surface area contributed by atoms with E-state index in [9.17, 15) is 4.79 Å². The number of carbonyl (C=O) groups is 1. The molecule has 1 fully saturated rings. The maximum atomic E-state index is 12.6. The number of rotatable bonds is 5. The molecule has 5 heteroatoms. The van der Waals surface area contributed by atoms with Crippen LogP contribution in [0.25, 0.3) is 0 Å². The normalized spacial score (nSPS) is 17.6. The van der Waals surface area contributed by atoms with Crippen molar-refractivity contribution in [2.75, 3.05) is 39.8 Å². The summed E-state index contributed by atoms with van der Waals surface area (Å²) >= 11 is 1.55. The van der Waals surface area contributed by atoms with E-state index in [0.717, 1.165) is 48.0 Å². The van der Waals surface area contributed by atoms with E-state index in [4.69, 9.17) is 0 Å². The number of likely N-dealkylation sites (N-methyl/N-ethyl adjacent to an activating group) is 1. The minimum atomic E-state index is 0.0181. The van der Waals surface area contributed by atoms with Crippen molar-refractivity contribution in [2.24, 2.45) is 0 Å². The molecule has 1 N–H and O–H groups in total. The predicted molar refractivity (Wildman–Crippen MR) is 99.6 cm³/mol. The molecule has 0 bridgehead atoms. The van der Waals surface area contributed by atoms with E-state index in [-0.39, 0.29) is 11.9 Å². The topological polar surface area (TPSA) is 35.6 Å². The number of nitrogens with one attached hydrogen (secondary N) is 1. The summed E-state index contributed by atoms with van der Waals surface area (Å²) in [6, 6.07) is 14.2. The highest BCUT2D eigenvalue weighted by molar-refractivity contribution is 7.13. The number of amides is 1. The zero-order valence-electron chi connectivity index (χ0n) is 14.4. The Morgan fingerprint density at radius 2 is 1.83 bits per heavy atom. The van der Waals surface area contributed by atoms with Gasteiger partial charge in [0.25, 0.3) is 5.91 Å². The second kappa shape index (κ2) is 7.92. The molecule has 0 radical (unpaired) electrons. The Kier molecular flexibility index (Phi) is 5.66. The van der Waals surface area contributed by atoms with E-state index in [1.165, 1.54) is 0 Å². The SMILES string of the molecule is Cc1ccc(C(=O)NC(CN2CCN(C)CC2)c2ccccc2)s1. The van der Waals surface area contributed by atoms with Gasteiger partial charge in [-0.15, -0.1) is 11.3 Å². The summed E-state index contributed by atoms with van der Waals surface area (Å²) < 4.78 is 0. The van der Waals surface area contributed by atoms with Crippen LogP contribution in [0.15, 0.2) is 42.5 Å². The van der Waals surface area contributed by atoms with Crippen molar-refractivity contribution in [3.8, 4) is 0 Å². The molecular weight excluding hydrogens is 318 g/mol. The van der Waals surface area contributed by atoms with Crippen LogP contribution in [0, 0.1) is 6.92 Å². The van der Waals surface area contributed by atoms with E-state index < -0.39 is 0 Å². The highest BCUT2D eigenvalue weighted by Crippen LogP contribution is 2.19. The summed E-state index contributed by atoms with van der Waals surface area (Å²) in [4.78, 5) is 19.3. The van der Waals surface area contributed by atoms with Crippen LogP contribution in [-0.2, 0) is 0 Å². The number of nitrogens with zero attached hydrogens (tertiary/aromatic N) is 2. The van der Waals surface area contributed by atoms with Crippen molar-refractivity contribution in [3.05, 3.63) is 57.8 Å². The first kappa shape index (κ1) is 17.1. The van der Waals surface area contributed by atoms with Crippen LogP contribution >= 0.6 is 11.3 Å². The lowest BCUT2D eigenvalue weighted by Crippen LogP contribution is -2.47. The molecule has 1 amide bonds. The van der Waals surface area contributed by atoms with Crippen LogP contribution in [0.2, 0.25) is 0 Å². The molecule has 1 atom stereocenters. The Morgan fingerprint density at radius 3 is 2.46 bits per heavy atom. The molecule has 0 spiro atoms. The third-order valence-electron chi connectivity index (χ3n) is 4.51. The summed E-state index contributed by atoms with van der Waals surface area (Å²) in [5.41, 5.74) is 1.16. The number of thiophene rings is 1. The average Bonchev–Trinajstić information content (AvgIpc) is 3.03. The second-order valence-electron chi connectivity index (χ2n) is 6.45. The lowest BCUT2D eigenvalue weighted by molar-refractivity contribution is 0.0911. The number of hydrogen-bond acceptors (Lipinski definition) is 4. The highest BCUT2D eigenvalue weighted by Gasteiger charge is 2.22. The fraction of sp³-hybridized carbons (Fsp3) is 0.421. The lowest BCUT2D eigenvalue weighted by atomic mass is 10.1. The Morgan fingerprint density at radius 1 is 1.12 bits per heavy atom. The van der Waals surface area contributed by atoms with Gasteiger partial charge in [0.15, 0.2) is 0 Å². The first-order chi connectivity index (χ1) is 11.6. The fourth-order valence-corrected chi connectivity index (χ4v) is 3.76. The van der Waals surface area contributed by atoms with E-state index in [2.05, 4.69) is 34.3 Å². The van der Waals surface area contributed by atoms with Crippen molar-refractivity contribution in [1.82, 2.24) is 15.1 Å². The summed E-state index contributed by atoms with van der Waals surface area (Å²) in [6.45, 7) is 7.15. The maximum absolute atomic E-state index is 12.6. The lowest BCUT2D eigenvalue weighted by Gasteiger charge is -2.35. The van der Waals surface area contributed by atoms with Gasteiger partial charge >= 0.3 is 0 Å². The summed E-state index contributed by atoms with van der Waals surface area (Å²) in [5, 5.41) is 3.24. The molecule has 0 aliphatic carbocycles. The molecule has 3 rings (SSSR count).